The van der Waals surface area contributed by atoms with Crippen molar-refractivity contribution >= 4 is 47.5 Å². The average molecular weight is 455 g/mol. The van der Waals surface area contributed by atoms with E-state index < -0.39 is 67.3 Å². The summed E-state index contributed by atoms with van der Waals surface area (Å²) in [4.78, 5) is 42.1. The summed E-state index contributed by atoms with van der Waals surface area (Å²) in [5.41, 5.74) is -5.45. The van der Waals surface area contributed by atoms with Crippen LogP contribution in [0.5, 0.6) is 5.75 Å². The molecule has 165 valence electrons. The zero-order chi connectivity index (χ0) is 23.5. The molecule has 1 amide bonds. The number of carbonyl (C=O) groups excluding carboxylic acids is 1. The number of nitro benzene ring substituents is 3. The zero-order valence-corrected chi connectivity index (χ0v) is 15.7. The molecule has 0 bridgehead atoms. The number of halogens is 4. The second-order valence-corrected chi connectivity index (χ2v) is 5.55. The van der Waals surface area contributed by atoms with Crippen LogP contribution in [-0.2, 0) is 0 Å². The number of ether oxygens (including phenoxy) is 1. The van der Waals surface area contributed by atoms with Crippen LogP contribution >= 0.6 is 0 Å². The second-order valence-electron chi connectivity index (χ2n) is 5.55. The summed E-state index contributed by atoms with van der Waals surface area (Å²) in [7, 11) is 0. The van der Waals surface area contributed by atoms with E-state index in [9.17, 15) is 52.7 Å². The molecule has 0 fully saturated rings. The van der Waals surface area contributed by atoms with Gasteiger partial charge in [0.05, 0.1) is 32.5 Å². The van der Waals surface area contributed by atoms with Gasteiger partial charge in [0, 0.05) is 18.9 Å². The maximum atomic E-state index is 13.2. The molecular formula is C15H8F4LiN4O8. The minimum Gasteiger partial charge on any atom is -0.427 e. The van der Waals surface area contributed by atoms with Crippen LogP contribution in [0.25, 0.3) is 0 Å². The molecule has 0 saturated heterocycles. The average Bonchev–Trinajstić information content (AvgIpc) is 2.67. The number of amides is 1. The van der Waals surface area contributed by atoms with Crippen molar-refractivity contribution in [3.8, 4) is 5.75 Å². The van der Waals surface area contributed by atoms with E-state index in [1.165, 1.54) is 0 Å². The van der Waals surface area contributed by atoms with Crippen LogP contribution in [0.4, 0.5) is 40.3 Å². The molecule has 0 aliphatic carbocycles. The van der Waals surface area contributed by atoms with Gasteiger partial charge in [0.25, 0.3) is 11.6 Å². The monoisotopic (exact) mass is 455 g/mol. The predicted molar refractivity (Wildman–Crippen MR) is 98.1 cm³/mol. The minimum atomic E-state index is -5.00. The number of hydrogen-bond donors (Lipinski definition) is 1. The van der Waals surface area contributed by atoms with Gasteiger partial charge in [-0.15, -0.1) is 0 Å². The molecule has 1 N–H and O–H groups in total. The first-order chi connectivity index (χ1) is 14.3. The van der Waals surface area contributed by atoms with E-state index in [-0.39, 0.29) is 18.9 Å². The SMILES string of the molecule is O=C(Nc1c([N+](=O)[O-])cc([N+](=O)[O-])cc1[N+](=O)[O-])c1ccccc1OC(F)(F)C(F)F.[Li]. The summed E-state index contributed by atoms with van der Waals surface area (Å²) in [6.07, 6.45) is -9.26. The molecule has 0 aromatic heterocycles. The first-order valence-corrected chi connectivity index (χ1v) is 7.71. The minimum absolute atomic E-state index is 0. The summed E-state index contributed by atoms with van der Waals surface area (Å²) in [6.45, 7) is 0. The molecule has 2 rings (SSSR count). The van der Waals surface area contributed by atoms with Crippen LogP contribution in [0, 0.1) is 30.3 Å². The van der Waals surface area contributed by atoms with Crippen LogP contribution < -0.4 is 10.1 Å². The third-order valence-corrected chi connectivity index (χ3v) is 3.56. The van der Waals surface area contributed by atoms with Gasteiger partial charge < -0.3 is 10.1 Å². The number of nitrogens with zero attached hydrogens (tertiary/aromatic N) is 3. The third kappa shape index (κ3) is 5.68. The van der Waals surface area contributed by atoms with Crippen LogP contribution in [-0.4, -0.2) is 52.1 Å². The van der Waals surface area contributed by atoms with Gasteiger partial charge in [0.15, 0.2) is 5.69 Å². The van der Waals surface area contributed by atoms with Gasteiger partial charge in [-0.1, -0.05) is 12.1 Å². The van der Waals surface area contributed by atoms with E-state index >= 15 is 0 Å². The van der Waals surface area contributed by atoms with Crippen molar-refractivity contribution in [2.75, 3.05) is 5.32 Å². The van der Waals surface area contributed by atoms with Crippen molar-refractivity contribution in [3.05, 3.63) is 72.3 Å². The molecule has 0 aliphatic heterocycles. The molecule has 12 nitrogen and oxygen atoms in total. The number of nitro groups is 3. The normalized spacial score (nSPS) is 10.8. The van der Waals surface area contributed by atoms with E-state index in [0.29, 0.717) is 18.2 Å². The number of para-hydroxylation sites is 1. The van der Waals surface area contributed by atoms with Crippen molar-refractivity contribution in [3.63, 3.8) is 0 Å². The number of anilines is 1. The number of nitrogens with one attached hydrogen (secondary N) is 1. The van der Waals surface area contributed by atoms with Gasteiger partial charge >= 0.3 is 23.9 Å². The smallest absolute Gasteiger partial charge is 0.427 e. The zero-order valence-electron chi connectivity index (χ0n) is 15.7. The van der Waals surface area contributed by atoms with Gasteiger partial charge in [-0.25, -0.2) is 0 Å². The number of rotatable bonds is 8. The molecule has 0 aliphatic rings. The summed E-state index contributed by atoms with van der Waals surface area (Å²) in [5, 5.41) is 35.0. The standard InChI is InChI=1S/C15H8F4N4O8.Li/c16-14(17)15(18,19)31-11-4-2-1-3-8(11)13(24)20-12-9(22(27)28)5-7(21(25)26)6-10(12)23(29)30;/h1-6,14H,(H,20,24);. The fraction of sp³-hybridized carbons (Fsp3) is 0.133. The Morgan fingerprint density at radius 3 is 1.91 bits per heavy atom. The Labute approximate surface area is 185 Å². The Morgan fingerprint density at radius 2 is 1.47 bits per heavy atom. The molecule has 1 radical (unpaired) electrons. The van der Waals surface area contributed by atoms with Crippen molar-refractivity contribution in [1.29, 1.82) is 0 Å². The van der Waals surface area contributed by atoms with Crippen LogP contribution in [0.3, 0.4) is 0 Å². The summed E-state index contributed by atoms with van der Waals surface area (Å²) in [5.74, 6) is -2.54. The van der Waals surface area contributed by atoms with E-state index in [4.69, 9.17) is 0 Å². The molecule has 2 aromatic rings. The van der Waals surface area contributed by atoms with Crippen molar-refractivity contribution in [2.45, 2.75) is 12.5 Å². The van der Waals surface area contributed by atoms with E-state index in [1.54, 1.807) is 5.32 Å². The number of non-ortho nitro benzene ring substituents is 1. The number of benzene rings is 2. The number of hydrogen-bond acceptors (Lipinski definition) is 8. The maximum absolute atomic E-state index is 13.2. The first-order valence-electron chi connectivity index (χ1n) is 7.71. The number of alkyl halides is 4. The summed E-state index contributed by atoms with van der Waals surface area (Å²) in [6, 6.07) is 4.33. The van der Waals surface area contributed by atoms with Gasteiger partial charge in [0.1, 0.15) is 5.75 Å². The molecule has 2 aromatic carbocycles. The first kappa shape index (κ1) is 26.3. The van der Waals surface area contributed by atoms with Gasteiger partial charge in [0.2, 0.25) is 0 Å². The van der Waals surface area contributed by atoms with Crippen LogP contribution in [0.15, 0.2) is 36.4 Å². The summed E-state index contributed by atoms with van der Waals surface area (Å²) >= 11 is 0. The molecule has 0 heterocycles. The van der Waals surface area contributed by atoms with Crippen molar-refractivity contribution in [2.24, 2.45) is 0 Å². The third-order valence-electron chi connectivity index (χ3n) is 3.56. The summed E-state index contributed by atoms with van der Waals surface area (Å²) < 4.78 is 55.1. The van der Waals surface area contributed by atoms with Gasteiger partial charge in [-0.2, -0.15) is 17.6 Å². The molecule has 0 saturated carbocycles. The van der Waals surface area contributed by atoms with Crippen molar-refractivity contribution < 1.29 is 41.9 Å². The second kappa shape index (κ2) is 10.0. The van der Waals surface area contributed by atoms with Gasteiger partial charge in [-0.05, 0) is 12.1 Å². The molecule has 0 atom stereocenters. The topological polar surface area (TPSA) is 168 Å². The van der Waals surface area contributed by atoms with Crippen molar-refractivity contribution in [1.82, 2.24) is 0 Å². The quantitative estimate of drug-likeness (QED) is 0.273. The Morgan fingerprint density at radius 1 is 0.969 bits per heavy atom. The van der Waals surface area contributed by atoms with Crippen LogP contribution in [0.2, 0.25) is 0 Å². The Hall–Kier alpha value is -3.77. The molecule has 32 heavy (non-hydrogen) atoms. The Kier molecular flexibility index (Phi) is 8.23. The fourth-order valence-electron chi connectivity index (χ4n) is 2.23. The van der Waals surface area contributed by atoms with Crippen LogP contribution in [0.1, 0.15) is 10.4 Å². The number of carbonyl (C=O) groups is 1. The van der Waals surface area contributed by atoms with Gasteiger partial charge in [-0.3, -0.25) is 35.1 Å². The maximum Gasteiger partial charge on any atom is 0.461 e. The molecular weight excluding hydrogens is 447 g/mol. The largest absolute Gasteiger partial charge is 0.461 e. The van der Waals surface area contributed by atoms with E-state index in [2.05, 4.69) is 4.74 Å². The predicted octanol–water partition coefficient (Wildman–Crippen LogP) is 3.52. The van der Waals surface area contributed by atoms with E-state index in [1.807, 2.05) is 0 Å². The fourth-order valence-corrected chi connectivity index (χ4v) is 2.23. The Balaban J connectivity index is 0.00000512. The molecule has 17 heteroatoms. The van der Waals surface area contributed by atoms with E-state index in [0.717, 1.165) is 18.2 Å². The molecule has 0 unspecified atom stereocenters. The molecule has 0 spiro atoms. The Bertz CT molecular complexity index is 1050.